The summed E-state index contributed by atoms with van der Waals surface area (Å²) < 4.78 is 1.04. The van der Waals surface area contributed by atoms with E-state index in [9.17, 15) is 5.11 Å². The number of hydrogen-bond donors (Lipinski definition) is 1. The van der Waals surface area contributed by atoms with Gasteiger partial charge in [0.05, 0.1) is 0 Å². The maximum Gasteiger partial charge on any atom is 0.120 e. The molecule has 0 bridgehead atoms. The summed E-state index contributed by atoms with van der Waals surface area (Å²) in [5, 5.41) is 10.1. The largest absolute Gasteiger partial charge is 0.508 e. The van der Waals surface area contributed by atoms with Crippen molar-refractivity contribution in [2.24, 2.45) is 5.92 Å². The van der Waals surface area contributed by atoms with Crippen molar-refractivity contribution in [3.63, 3.8) is 0 Å². The normalized spacial score (nSPS) is 23.0. The Bertz CT molecular complexity index is 421. The molecule has 1 N–H and O–H groups in total. The molecule has 1 aromatic carbocycles. The monoisotopic (exact) mass is 325 g/mol. The van der Waals surface area contributed by atoms with Gasteiger partial charge >= 0.3 is 0 Å². The highest BCUT2D eigenvalue weighted by atomic mass is 79.9. The SMILES string of the molecule is CCC1CCCN(C(C)c2cc(Br)ccc2O)CC1. The van der Waals surface area contributed by atoms with E-state index in [4.69, 9.17) is 0 Å². The number of aromatic hydroxyl groups is 1. The first-order valence-corrected chi connectivity index (χ1v) is 8.13. The van der Waals surface area contributed by atoms with Crippen molar-refractivity contribution in [3.8, 4) is 5.75 Å². The molecule has 1 saturated heterocycles. The van der Waals surface area contributed by atoms with Gasteiger partial charge in [0.1, 0.15) is 5.75 Å². The van der Waals surface area contributed by atoms with Gasteiger partial charge in [0.2, 0.25) is 0 Å². The highest BCUT2D eigenvalue weighted by molar-refractivity contribution is 9.10. The molecule has 2 nitrogen and oxygen atoms in total. The van der Waals surface area contributed by atoms with E-state index in [0.717, 1.165) is 29.0 Å². The van der Waals surface area contributed by atoms with Crippen LogP contribution in [0.1, 0.15) is 51.1 Å². The predicted octanol–water partition coefficient (Wildman–Crippen LogP) is 4.73. The fourth-order valence-electron chi connectivity index (χ4n) is 3.04. The maximum absolute atomic E-state index is 10.1. The highest BCUT2D eigenvalue weighted by Gasteiger charge is 2.22. The minimum atomic E-state index is 0.285. The topological polar surface area (TPSA) is 23.5 Å². The van der Waals surface area contributed by atoms with E-state index >= 15 is 0 Å². The van der Waals surface area contributed by atoms with E-state index < -0.39 is 0 Å². The Hall–Kier alpha value is -0.540. The molecular formula is C16H24BrNO. The third-order valence-electron chi connectivity index (χ3n) is 4.45. The van der Waals surface area contributed by atoms with Crippen LogP contribution < -0.4 is 0 Å². The van der Waals surface area contributed by atoms with Crippen LogP contribution in [0, 0.1) is 5.92 Å². The molecule has 3 heteroatoms. The Labute approximate surface area is 124 Å². The molecule has 1 fully saturated rings. The standard InChI is InChI=1S/C16H24BrNO/c1-3-13-5-4-9-18(10-8-13)12(2)15-11-14(17)6-7-16(15)19/h6-7,11-13,19H,3-5,8-10H2,1-2H3. The molecule has 0 spiro atoms. The quantitative estimate of drug-likeness (QED) is 0.868. The molecule has 106 valence electrons. The molecule has 0 aromatic heterocycles. The zero-order chi connectivity index (χ0) is 13.8. The summed E-state index contributed by atoms with van der Waals surface area (Å²) >= 11 is 3.50. The lowest BCUT2D eigenvalue weighted by atomic mass is 9.98. The van der Waals surface area contributed by atoms with E-state index in [1.54, 1.807) is 6.07 Å². The van der Waals surface area contributed by atoms with Crippen LogP contribution in [-0.2, 0) is 0 Å². The molecule has 0 radical (unpaired) electrons. The van der Waals surface area contributed by atoms with Gasteiger partial charge in [0.25, 0.3) is 0 Å². The minimum absolute atomic E-state index is 0.285. The number of likely N-dealkylation sites (tertiary alicyclic amines) is 1. The Morgan fingerprint density at radius 3 is 2.89 bits per heavy atom. The Morgan fingerprint density at radius 2 is 2.16 bits per heavy atom. The van der Waals surface area contributed by atoms with Crippen molar-refractivity contribution in [2.45, 2.75) is 45.6 Å². The number of hydrogen-bond acceptors (Lipinski definition) is 2. The van der Waals surface area contributed by atoms with Crippen molar-refractivity contribution >= 4 is 15.9 Å². The van der Waals surface area contributed by atoms with E-state index in [0.29, 0.717) is 5.75 Å². The third-order valence-corrected chi connectivity index (χ3v) is 4.94. The van der Waals surface area contributed by atoms with Crippen LogP contribution in [0.5, 0.6) is 5.75 Å². The fourth-order valence-corrected chi connectivity index (χ4v) is 3.42. The number of nitrogens with zero attached hydrogens (tertiary/aromatic N) is 1. The van der Waals surface area contributed by atoms with Crippen molar-refractivity contribution in [1.29, 1.82) is 0 Å². The molecule has 1 heterocycles. The lowest BCUT2D eigenvalue weighted by molar-refractivity contribution is 0.212. The molecule has 2 rings (SSSR count). The van der Waals surface area contributed by atoms with Crippen LogP contribution in [0.2, 0.25) is 0 Å². The van der Waals surface area contributed by atoms with Crippen molar-refractivity contribution in [1.82, 2.24) is 4.90 Å². The van der Waals surface area contributed by atoms with Gasteiger partial charge < -0.3 is 5.11 Å². The summed E-state index contributed by atoms with van der Waals surface area (Å²) in [5.41, 5.74) is 1.03. The summed E-state index contributed by atoms with van der Waals surface area (Å²) in [6.07, 6.45) is 5.21. The molecule has 2 unspecified atom stereocenters. The van der Waals surface area contributed by atoms with Gasteiger partial charge in [-0.05, 0) is 63.4 Å². The summed E-state index contributed by atoms with van der Waals surface area (Å²) in [4.78, 5) is 2.51. The molecule has 0 aliphatic carbocycles. The molecule has 19 heavy (non-hydrogen) atoms. The second-order valence-corrected chi connectivity index (χ2v) is 6.54. The fraction of sp³-hybridized carbons (Fsp3) is 0.625. The molecule has 1 aromatic rings. The van der Waals surface area contributed by atoms with Gasteiger partial charge in [-0.2, -0.15) is 0 Å². The lowest BCUT2D eigenvalue weighted by Crippen LogP contribution is -2.28. The van der Waals surface area contributed by atoms with Crippen LogP contribution in [0.3, 0.4) is 0 Å². The second-order valence-electron chi connectivity index (χ2n) is 5.62. The van der Waals surface area contributed by atoms with Crippen LogP contribution in [-0.4, -0.2) is 23.1 Å². The average Bonchev–Trinajstić information content (AvgIpc) is 2.66. The second kappa shape index (κ2) is 6.76. The van der Waals surface area contributed by atoms with Crippen LogP contribution in [0.4, 0.5) is 0 Å². The first-order chi connectivity index (χ1) is 9.11. The Kier molecular flexibility index (Phi) is 5.28. The van der Waals surface area contributed by atoms with E-state index in [1.807, 2.05) is 12.1 Å². The zero-order valence-corrected chi connectivity index (χ0v) is 13.5. The first kappa shape index (κ1) is 14.9. The Balaban J connectivity index is 2.10. The molecule has 0 saturated carbocycles. The van der Waals surface area contributed by atoms with Gasteiger partial charge in [-0.1, -0.05) is 29.3 Å². The molecular weight excluding hydrogens is 302 g/mol. The summed E-state index contributed by atoms with van der Waals surface area (Å²) in [6, 6.07) is 6.00. The summed E-state index contributed by atoms with van der Waals surface area (Å²) in [7, 11) is 0. The van der Waals surface area contributed by atoms with Crippen LogP contribution in [0.25, 0.3) is 0 Å². The van der Waals surface area contributed by atoms with Crippen molar-refractivity contribution < 1.29 is 5.11 Å². The number of rotatable bonds is 3. The van der Waals surface area contributed by atoms with Gasteiger partial charge in [0.15, 0.2) is 0 Å². The van der Waals surface area contributed by atoms with Crippen LogP contribution >= 0.6 is 15.9 Å². The van der Waals surface area contributed by atoms with E-state index in [1.165, 1.54) is 25.7 Å². The van der Waals surface area contributed by atoms with Crippen LogP contribution in [0.15, 0.2) is 22.7 Å². The third kappa shape index (κ3) is 3.73. The molecule has 1 aliphatic heterocycles. The molecule has 1 aliphatic rings. The minimum Gasteiger partial charge on any atom is -0.508 e. The molecule has 2 atom stereocenters. The van der Waals surface area contributed by atoms with Gasteiger partial charge in [-0.15, -0.1) is 0 Å². The van der Waals surface area contributed by atoms with E-state index in [-0.39, 0.29) is 6.04 Å². The molecule has 0 amide bonds. The number of halogens is 1. The zero-order valence-electron chi connectivity index (χ0n) is 11.9. The highest BCUT2D eigenvalue weighted by Crippen LogP contribution is 2.33. The van der Waals surface area contributed by atoms with Gasteiger partial charge in [-0.3, -0.25) is 4.90 Å². The summed E-state index contributed by atoms with van der Waals surface area (Å²) in [5.74, 6) is 1.29. The number of phenols is 1. The first-order valence-electron chi connectivity index (χ1n) is 7.34. The average molecular weight is 326 g/mol. The smallest absolute Gasteiger partial charge is 0.120 e. The maximum atomic E-state index is 10.1. The Morgan fingerprint density at radius 1 is 1.37 bits per heavy atom. The number of phenolic OH excluding ortho intramolecular Hbond substituents is 1. The van der Waals surface area contributed by atoms with Gasteiger partial charge in [0, 0.05) is 16.1 Å². The predicted molar refractivity (Wildman–Crippen MR) is 83.4 cm³/mol. The van der Waals surface area contributed by atoms with E-state index in [2.05, 4.69) is 34.7 Å². The summed E-state index contributed by atoms with van der Waals surface area (Å²) in [6.45, 7) is 6.78. The van der Waals surface area contributed by atoms with Crippen molar-refractivity contribution in [3.05, 3.63) is 28.2 Å². The van der Waals surface area contributed by atoms with Crippen molar-refractivity contribution in [2.75, 3.05) is 13.1 Å². The number of benzene rings is 1. The lowest BCUT2D eigenvalue weighted by Gasteiger charge is -2.28. The van der Waals surface area contributed by atoms with Gasteiger partial charge in [-0.25, -0.2) is 0 Å².